The van der Waals surface area contributed by atoms with E-state index in [0.29, 0.717) is 52.1 Å². The smallest absolute Gasteiger partial charge is 0.312 e. The van der Waals surface area contributed by atoms with Gasteiger partial charge < -0.3 is 29.1 Å². The minimum absolute atomic E-state index is 0.210. The standard InChI is InChI=1S/C27H40BrN3O7/c1-4-6-7-13-37-26(35)20-21-24(33)31(18(3)17-32)23(27(21)16-19(28)22(20)38-27)25(34)30(8-5-2)10-9-29-11-14-36-15-12-29/h4-5,18-23,32H,1-2,6-17H2,3H3/t18-,19?,20+,21+,22+,23?,27?/m1/s1. The quantitative estimate of drug-likeness (QED) is 0.145. The average Bonchev–Trinajstić information content (AvgIpc) is 3.52. The van der Waals surface area contributed by atoms with Crippen molar-refractivity contribution in [2.45, 2.75) is 54.8 Å². The summed E-state index contributed by atoms with van der Waals surface area (Å²) < 4.78 is 17.5. The van der Waals surface area contributed by atoms with Crippen LogP contribution in [0.3, 0.4) is 0 Å². The largest absolute Gasteiger partial charge is 0.465 e. The van der Waals surface area contributed by atoms with Crippen LogP contribution < -0.4 is 0 Å². The SMILES string of the molecule is C=CCCCOC(=O)[C@H]1[C@H]2C(=O)N([C@H](C)CO)C(C(=O)N(CC=C)CCN3CCOCC3)C23CC(Br)[C@@H]1O3. The van der Waals surface area contributed by atoms with Crippen LogP contribution in [0.25, 0.3) is 0 Å². The van der Waals surface area contributed by atoms with Gasteiger partial charge >= 0.3 is 5.97 Å². The molecule has 10 nitrogen and oxygen atoms in total. The number of alkyl halides is 1. The number of ether oxygens (including phenoxy) is 3. The summed E-state index contributed by atoms with van der Waals surface area (Å²) >= 11 is 3.66. The highest BCUT2D eigenvalue weighted by atomic mass is 79.9. The second-order valence-corrected chi connectivity index (χ2v) is 11.7. The number of esters is 1. The number of nitrogens with zero attached hydrogens (tertiary/aromatic N) is 3. The maximum Gasteiger partial charge on any atom is 0.312 e. The number of rotatable bonds is 13. The lowest BCUT2D eigenvalue weighted by Gasteiger charge is -2.39. The van der Waals surface area contributed by atoms with Crippen LogP contribution in [-0.2, 0) is 28.6 Å². The molecular weight excluding hydrogens is 558 g/mol. The third-order valence-corrected chi connectivity index (χ3v) is 9.06. The third kappa shape index (κ3) is 5.32. The molecule has 4 aliphatic rings. The number of morpholine rings is 1. The molecule has 0 aromatic carbocycles. The van der Waals surface area contributed by atoms with Crippen LogP contribution in [0.2, 0.25) is 0 Å². The van der Waals surface area contributed by atoms with Gasteiger partial charge in [-0.15, -0.1) is 13.2 Å². The molecule has 4 rings (SSSR count). The number of aliphatic hydroxyl groups excluding tert-OH is 1. The molecule has 212 valence electrons. The second-order valence-electron chi connectivity index (χ2n) is 10.6. The van der Waals surface area contributed by atoms with Gasteiger partial charge in [0.2, 0.25) is 11.8 Å². The Labute approximate surface area is 233 Å². The van der Waals surface area contributed by atoms with Gasteiger partial charge in [-0.05, 0) is 26.2 Å². The van der Waals surface area contributed by atoms with E-state index in [2.05, 4.69) is 34.0 Å². The lowest BCUT2D eigenvalue weighted by Crippen LogP contribution is -2.59. The molecule has 7 atom stereocenters. The van der Waals surface area contributed by atoms with E-state index in [1.807, 2.05) is 0 Å². The Balaban J connectivity index is 1.62. The maximum absolute atomic E-state index is 14.3. The Hall–Kier alpha value is -1.79. The number of fused-ring (bicyclic) bond motifs is 1. The second kappa shape index (κ2) is 12.6. The van der Waals surface area contributed by atoms with Crippen LogP contribution in [0.1, 0.15) is 26.2 Å². The number of amides is 2. The van der Waals surface area contributed by atoms with E-state index >= 15 is 0 Å². The molecule has 0 radical (unpaired) electrons. The van der Waals surface area contributed by atoms with E-state index < -0.39 is 41.6 Å². The number of halogens is 1. The Kier molecular flexibility index (Phi) is 9.67. The number of likely N-dealkylation sites (tertiary alicyclic amines) is 1. The normalized spacial score (nSPS) is 33.2. The van der Waals surface area contributed by atoms with E-state index in [4.69, 9.17) is 14.2 Å². The minimum atomic E-state index is -1.18. The molecule has 4 saturated heterocycles. The Morgan fingerprint density at radius 1 is 1.32 bits per heavy atom. The number of hydrogen-bond acceptors (Lipinski definition) is 8. The number of allylic oxidation sites excluding steroid dienone is 1. The zero-order valence-electron chi connectivity index (χ0n) is 22.1. The predicted molar refractivity (Wildman–Crippen MR) is 144 cm³/mol. The van der Waals surface area contributed by atoms with Crippen molar-refractivity contribution in [2.75, 3.05) is 59.2 Å². The van der Waals surface area contributed by atoms with Crippen molar-refractivity contribution < 1.29 is 33.7 Å². The summed E-state index contributed by atoms with van der Waals surface area (Å²) in [4.78, 5) is 46.7. The molecule has 0 saturated carbocycles. The van der Waals surface area contributed by atoms with Gasteiger partial charge in [-0.3, -0.25) is 19.3 Å². The van der Waals surface area contributed by atoms with Crippen LogP contribution in [0.4, 0.5) is 0 Å². The van der Waals surface area contributed by atoms with Crippen molar-refractivity contribution in [1.29, 1.82) is 0 Å². The molecule has 1 N–H and O–H groups in total. The fourth-order valence-corrected chi connectivity index (χ4v) is 7.32. The molecule has 4 aliphatic heterocycles. The zero-order chi connectivity index (χ0) is 27.4. The third-order valence-electron chi connectivity index (χ3n) is 8.22. The molecule has 2 bridgehead atoms. The monoisotopic (exact) mass is 597 g/mol. The average molecular weight is 599 g/mol. The highest BCUT2D eigenvalue weighted by molar-refractivity contribution is 9.09. The molecular formula is C27H40BrN3O7. The Bertz CT molecular complexity index is 913. The summed E-state index contributed by atoms with van der Waals surface area (Å²) in [6, 6.07) is -1.59. The van der Waals surface area contributed by atoms with Gasteiger partial charge in [-0.25, -0.2) is 0 Å². The van der Waals surface area contributed by atoms with Crippen LogP contribution in [-0.4, -0.2) is 125 Å². The fourth-order valence-electron chi connectivity index (χ4n) is 6.38. The van der Waals surface area contributed by atoms with E-state index in [0.717, 1.165) is 13.1 Å². The van der Waals surface area contributed by atoms with Gasteiger partial charge in [0.1, 0.15) is 11.6 Å². The van der Waals surface area contributed by atoms with Crippen LogP contribution in [0, 0.1) is 11.8 Å². The zero-order valence-corrected chi connectivity index (χ0v) is 23.7. The van der Waals surface area contributed by atoms with Gasteiger partial charge in [0.05, 0.1) is 50.4 Å². The first-order valence-corrected chi connectivity index (χ1v) is 14.4. The molecule has 2 amide bonds. The summed E-state index contributed by atoms with van der Waals surface area (Å²) in [6.45, 7) is 13.5. The number of hydrogen-bond donors (Lipinski definition) is 1. The molecule has 1 spiro atoms. The van der Waals surface area contributed by atoms with E-state index in [1.54, 1.807) is 24.0 Å². The van der Waals surface area contributed by atoms with Crippen molar-refractivity contribution in [3.05, 3.63) is 25.3 Å². The number of carbonyl (C=O) groups is 3. The Morgan fingerprint density at radius 2 is 2.05 bits per heavy atom. The summed E-state index contributed by atoms with van der Waals surface area (Å²) in [5, 5.41) is 10.0. The summed E-state index contributed by atoms with van der Waals surface area (Å²) in [5.41, 5.74) is -1.18. The first kappa shape index (κ1) is 29.2. The predicted octanol–water partition coefficient (Wildman–Crippen LogP) is 0.971. The number of unbranched alkanes of at least 4 members (excludes halogenated alkanes) is 1. The summed E-state index contributed by atoms with van der Waals surface area (Å²) in [6.07, 6.45) is 4.63. The number of carbonyl (C=O) groups excluding carboxylic acids is 3. The minimum Gasteiger partial charge on any atom is -0.465 e. The number of aliphatic hydroxyl groups is 1. The van der Waals surface area contributed by atoms with E-state index in [9.17, 15) is 19.5 Å². The van der Waals surface area contributed by atoms with Gasteiger partial charge in [-0.2, -0.15) is 0 Å². The molecule has 0 aromatic heterocycles. The fraction of sp³-hybridized carbons (Fsp3) is 0.741. The van der Waals surface area contributed by atoms with Crippen molar-refractivity contribution in [2.24, 2.45) is 11.8 Å². The van der Waals surface area contributed by atoms with Gasteiger partial charge in [0, 0.05) is 37.6 Å². The highest BCUT2D eigenvalue weighted by Gasteiger charge is 2.77. The molecule has 11 heteroatoms. The van der Waals surface area contributed by atoms with Gasteiger partial charge in [-0.1, -0.05) is 28.1 Å². The highest BCUT2D eigenvalue weighted by Crippen LogP contribution is 2.60. The molecule has 0 aliphatic carbocycles. The lowest BCUT2D eigenvalue weighted by molar-refractivity contribution is -0.156. The topological polar surface area (TPSA) is 109 Å². The first-order chi connectivity index (χ1) is 18.3. The van der Waals surface area contributed by atoms with Crippen molar-refractivity contribution in [3.8, 4) is 0 Å². The van der Waals surface area contributed by atoms with Crippen molar-refractivity contribution in [1.82, 2.24) is 14.7 Å². The lowest BCUT2D eigenvalue weighted by atomic mass is 9.70. The van der Waals surface area contributed by atoms with Crippen LogP contribution in [0.15, 0.2) is 25.3 Å². The molecule has 4 heterocycles. The Morgan fingerprint density at radius 3 is 2.71 bits per heavy atom. The molecule has 4 fully saturated rings. The van der Waals surface area contributed by atoms with E-state index in [-0.39, 0.29) is 29.9 Å². The molecule has 3 unspecified atom stereocenters. The maximum atomic E-state index is 14.3. The van der Waals surface area contributed by atoms with Crippen molar-refractivity contribution in [3.63, 3.8) is 0 Å². The first-order valence-electron chi connectivity index (χ1n) is 13.5. The van der Waals surface area contributed by atoms with Crippen LogP contribution in [0.5, 0.6) is 0 Å². The molecule has 0 aromatic rings. The molecule has 38 heavy (non-hydrogen) atoms. The van der Waals surface area contributed by atoms with Crippen LogP contribution >= 0.6 is 15.9 Å². The summed E-state index contributed by atoms with van der Waals surface area (Å²) in [5.74, 6) is -2.75. The van der Waals surface area contributed by atoms with Gasteiger partial charge in [0.15, 0.2) is 0 Å². The van der Waals surface area contributed by atoms with Crippen molar-refractivity contribution >= 4 is 33.7 Å². The summed E-state index contributed by atoms with van der Waals surface area (Å²) in [7, 11) is 0. The van der Waals surface area contributed by atoms with E-state index in [1.165, 1.54) is 4.90 Å². The van der Waals surface area contributed by atoms with Gasteiger partial charge in [0.25, 0.3) is 0 Å².